The largest absolute Gasteiger partial charge is 0.465 e. The van der Waals surface area contributed by atoms with E-state index in [1.165, 1.54) is 7.11 Å². The van der Waals surface area contributed by atoms with Crippen LogP contribution in [0.4, 0.5) is 0 Å². The molecule has 0 aromatic heterocycles. The minimum absolute atomic E-state index is 0.269. The molecule has 2 N–H and O–H groups in total. The second kappa shape index (κ2) is 4.45. The first-order valence-electron chi connectivity index (χ1n) is 4.88. The molecule has 0 aliphatic rings. The summed E-state index contributed by atoms with van der Waals surface area (Å²) in [5.41, 5.74) is 7.26. The fourth-order valence-corrected chi connectivity index (χ4v) is 1.45. The molecule has 82 valence electrons. The quantitative estimate of drug-likeness (QED) is 0.768. The van der Waals surface area contributed by atoms with E-state index in [2.05, 4.69) is 4.74 Å². The van der Waals surface area contributed by atoms with E-state index in [1.54, 1.807) is 6.07 Å². The van der Waals surface area contributed by atoms with Crippen molar-refractivity contribution in [3.8, 4) is 0 Å². The summed E-state index contributed by atoms with van der Waals surface area (Å²) in [6.07, 6.45) is 0.734. The van der Waals surface area contributed by atoms with E-state index < -0.39 is 0 Å². The topological polar surface area (TPSA) is 52.3 Å². The number of benzene rings is 1. The average Bonchev–Trinajstić information content (AvgIpc) is 2.14. The molecule has 0 aliphatic carbocycles. The van der Waals surface area contributed by atoms with Crippen LogP contribution in [-0.4, -0.2) is 18.6 Å². The van der Waals surface area contributed by atoms with Crippen molar-refractivity contribution in [3.05, 3.63) is 35.4 Å². The zero-order chi connectivity index (χ0) is 11.5. The van der Waals surface area contributed by atoms with Crippen molar-refractivity contribution in [2.45, 2.75) is 25.8 Å². The van der Waals surface area contributed by atoms with Gasteiger partial charge in [0.2, 0.25) is 0 Å². The molecule has 0 aliphatic heterocycles. The molecule has 1 aromatic carbocycles. The monoisotopic (exact) mass is 207 g/mol. The highest BCUT2D eigenvalue weighted by molar-refractivity contribution is 5.89. The molecule has 0 heterocycles. The summed E-state index contributed by atoms with van der Waals surface area (Å²) in [5.74, 6) is -0.313. The van der Waals surface area contributed by atoms with Gasteiger partial charge >= 0.3 is 5.97 Å². The maximum atomic E-state index is 11.3. The van der Waals surface area contributed by atoms with Gasteiger partial charge in [-0.2, -0.15) is 0 Å². The van der Waals surface area contributed by atoms with Gasteiger partial charge in [0, 0.05) is 5.54 Å². The molecule has 1 aromatic rings. The molecule has 3 heteroatoms. The molecule has 0 unspecified atom stereocenters. The van der Waals surface area contributed by atoms with Crippen molar-refractivity contribution in [3.63, 3.8) is 0 Å². The number of rotatable bonds is 3. The van der Waals surface area contributed by atoms with Gasteiger partial charge in [-0.25, -0.2) is 4.79 Å². The van der Waals surface area contributed by atoms with Crippen molar-refractivity contribution in [2.24, 2.45) is 5.73 Å². The fourth-order valence-electron chi connectivity index (χ4n) is 1.45. The smallest absolute Gasteiger partial charge is 0.337 e. The summed E-state index contributed by atoms with van der Waals surface area (Å²) < 4.78 is 4.65. The third kappa shape index (κ3) is 3.72. The van der Waals surface area contributed by atoms with Gasteiger partial charge in [0.25, 0.3) is 0 Å². The number of esters is 1. The lowest BCUT2D eigenvalue weighted by Gasteiger charge is -2.18. The zero-order valence-electron chi connectivity index (χ0n) is 9.41. The van der Waals surface area contributed by atoms with Crippen LogP contribution in [0.3, 0.4) is 0 Å². The number of carbonyl (C=O) groups is 1. The number of ether oxygens (including phenoxy) is 1. The maximum Gasteiger partial charge on any atom is 0.337 e. The summed E-state index contributed by atoms with van der Waals surface area (Å²) in [6, 6.07) is 7.35. The van der Waals surface area contributed by atoms with Crippen LogP contribution in [0.15, 0.2) is 24.3 Å². The van der Waals surface area contributed by atoms with Gasteiger partial charge in [0.1, 0.15) is 0 Å². The second-order valence-corrected chi connectivity index (χ2v) is 4.36. The van der Waals surface area contributed by atoms with Gasteiger partial charge in [-0.1, -0.05) is 12.1 Å². The van der Waals surface area contributed by atoms with Gasteiger partial charge in [0.15, 0.2) is 0 Å². The predicted molar refractivity (Wildman–Crippen MR) is 59.8 cm³/mol. The summed E-state index contributed by atoms with van der Waals surface area (Å²) in [5, 5.41) is 0. The number of methoxy groups -OCH3 is 1. The van der Waals surface area contributed by atoms with Gasteiger partial charge in [-0.05, 0) is 38.0 Å². The molecule has 3 nitrogen and oxygen atoms in total. The standard InChI is InChI=1S/C12H17NO2/c1-12(2,13)8-9-5-4-6-10(7-9)11(14)15-3/h4-7H,8,13H2,1-3H3. The molecule has 0 saturated carbocycles. The molecular formula is C12H17NO2. The van der Waals surface area contributed by atoms with Crippen molar-refractivity contribution in [1.82, 2.24) is 0 Å². The minimum atomic E-state index is -0.313. The minimum Gasteiger partial charge on any atom is -0.465 e. The first kappa shape index (κ1) is 11.7. The Morgan fingerprint density at radius 1 is 1.47 bits per heavy atom. The lowest BCUT2D eigenvalue weighted by atomic mass is 9.95. The highest BCUT2D eigenvalue weighted by Gasteiger charge is 2.13. The van der Waals surface area contributed by atoms with E-state index in [1.807, 2.05) is 32.0 Å². The van der Waals surface area contributed by atoms with E-state index >= 15 is 0 Å². The molecule has 0 bridgehead atoms. The Bertz CT molecular complexity index is 353. The summed E-state index contributed by atoms with van der Waals surface area (Å²) >= 11 is 0. The number of carbonyl (C=O) groups excluding carboxylic acids is 1. The van der Waals surface area contributed by atoms with E-state index in [0.717, 1.165) is 12.0 Å². The molecule has 0 fully saturated rings. The Morgan fingerprint density at radius 3 is 2.67 bits per heavy atom. The zero-order valence-corrected chi connectivity index (χ0v) is 9.41. The summed E-state index contributed by atoms with van der Waals surface area (Å²) in [7, 11) is 1.38. The molecule has 0 radical (unpaired) electrons. The molecule has 0 saturated heterocycles. The molecule has 1 rings (SSSR count). The molecular weight excluding hydrogens is 190 g/mol. The normalized spacial score (nSPS) is 11.2. The highest BCUT2D eigenvalue weighted by atomic mass is 16.5. The Morgan fingerprint density at radius 2 is 2.13 bits per heavy atom. The highest BCUT2D eigenvalue weighted by Crippen LogP contribution is 2.12. The van der Waals surface area contributed by atoms with E-state index in [4.69, 9.17) is 5.73 Å². The first-order valence-corrected chi connectivity index (χ1v) is 4.88. The Labute approximate surface area is 90.2 Å². The summed E-state index contributed by atoms with van der Waals surface area (Å²) in [4.78, 5) is 11.3. The van der Waals surface area contributed by atoms with Crippen LogP contribution in [0.5, 0.6) is 0 Å². The van der Waals surface area contributed by atoms with Crippen molar-refractivity contribution < 1.29 is 9.53 Å². The van der Waals surface area contributed by atoms with Crippen molar-refractivity contribution >= 4 is 5.97 Å². The SMILES string of the molecule is COC(=O)c1cccc(CC(C)(C)N)c1. The van der Waals surface area contributed by atoms with Crippen molar-refractivity contribution in [2.75, 3.05) is 7.11 Å². The van der Waals surface area contributed by atoms with Gasteiger partial charge < -0.3 is 10.5 Å². The lowest BCUT2D eigenvalue weighted by Crippen LogP contribution is -2.34. The second-order valence-electron chi connectivity index (χ2n) is 4.36. The van der Waals surface area contributed by atoms with E-state index in [-0.39, 0.29) is 11.5 Å². The average molecular weight is 207 g/mol. The number of hydrogen-bond donors (Lipinski definition) is 1. The van der Waals surface area contributed by atoms with Gasteiger partial charge in [-0.15, -0.1) is 0 Å². The molecule has 15 heavy (non-hydrogen) atoms. The Kier molecular flexibility index (Phi) is 3.48. The Balaban J connectivity index is 2.88. The molecule has 0 spiro atoms. The van der Waals surface area contributed by atoms with Crippen LogP contribution in [0, 0.1) is 0 Å². The molecule has 0 amide bonds. The van der Waals surface area contributed by atoms with Crippen LogP contribution < -0.4 is 5.73 Å². The third-order valence-electron chi connectivity index (χ3n) is 2.01. The van der Waals surface area contributed by atoms with E-state index in [0.29, 0.717) is 5.56 Å². The summed E-state index contributed by atoms with van der Waals surface area (Å²) in [6.45, 7) is 3.91. The van der Waals surface area contributed by atoms with Gasteiger partial charge in [0.05, 0.1) is 12.7 Å². The maximum absolute atomic E-state index is 11.3. The van der Waals surface area contributed by atoms with Crippen LogP contribution in [0.1, 0.15) is 29.8 Å². The van der Waals surface area contributed by atoms with E-state index in [9.17, 15) is 4.79 Å². The number of nitrogens with two attached hydrogens (primary N) is 1. The number of hydrogen-bond acceptors (Lipinski definition) is 3. The third-order valence-corrected chi connectivity index (χ3v) is 2.01. The predicted octanol–water partition coefficient (Wildman–Crippen LogP) is 1.75. The van der Waals surface area contributed by atoms with Crippen molar-refractivity contribution in [1.29, 1.82) is 0 Å². The fraction of sp³-hybridized carbons (Fsp3) is 0.417. The van der Waals surface area contributed by atoms with Crippen LogP contribution in [0.25, 0.3) is 0 Å². The van der Waals surface area contributed by atoms with Crippen LogP contribution >= 0.6 is 0 Å². The van der Waals surface area contributed by atoms with Crippen LogP contribution in [-0.2, 0) is 11.2 Å². The first-order chi connectivity index (χ1) is 6.92. The van der Waals surface area contributed by atoms with Gasteiger partial charge in [-0.3, -0.25) is 0 Å². The lowest BCUT2D eigenvalue weighted by molar-refractivity contribution is 0.0600. The molecule has 0 atom stereocenters. The van der Waals surface area contributed by atoms with Crippen LogP contribution in [0.2, 0.25) is 0 Å². The Hall–Kier alpha value is -1.35.